The molecular weight excluding hydrogens is 254 g/mol. The van der Waals surface area contributed by atoms with Gasteiger partial charge < -0.3 is 11.1 Å². The third-order valence-corrected chi connectivity index (χ3v) is 5.01. The maximum atomic E-state index is 12.2. The molecule has 1 saturated heterocycles. The summed E-state index contributed by atoms with van der Waals surface area (Å²) in [5, 5.41) is 3.02. The molecule has 1 amide bonds. The van der Waals surface area contributed by atoms with Gasteiger partial charge >= 0.3 is 0 Å². The first-order valence-electron chi connectivity index (χ1n) is 5.51. The Bertz CT molecular complexity index is 549. The van der Waals surface area contributed by atoms with Gasteiger partial charge in [0.05, 0.1) is 4.90 Å². The lowest BCUT2D eigenvalue weighted by atomic mass is 10.2. The summed E-state index contributed by atoms with van der Waals surface area (Å²) in [5.41, 5.74) is 5.40. The number of carbonyl (C=O) groups is 1. The van der Waals surface area contributed by atoms with Crippen molar-refractivity contribution in [3.8, 4) is 0 Å². The van der Waals surface area contributed by atoms with Crippen LogP contribution in [0.25, 0.3) is 0 Å². The highest BCUT2D eigenvalue weighted by Gasteiger charge is 2.31. The van der Waals surface area contributed by atoms with E-state index in [2.05, 4.69) is 5.32 Å². The molecule has 0 saturated carbocycles. The maximum absolute atomic E-state index is 12.2. The SMILES string of the molecule is CN(C1CNC1)S(=O)(=O)c1ccc(C(N)=O)cc1. The van der Waals surface area contributed by atoms with Crippen molar-refractivity contribution in [2.24, 2.45) is 5.73 Å². The van der Waals surface area contributed by atoms with Crippen molar-refractivity contribution in [3.63, 3.8) is 0 Å². The van der Waals surface area contributed by atoms with Gasteiger partial charge in [0.1, 0.15) is 0 Å². The number of amides is 1. The van der Waals surface area contributed by atoms with Crippen LogP contribution in [0.5, 0.6) is 0 Å². The number of rotatable bonds is 4. The molecule has 0 atom stereocenters. The van der Waals surface area contributed by atoms with Crippen molar-refractivity contribution in [1.82, 2.24) is 9.62 Å². The van der Waals surface area contributed by atoms with E-state index in [1.165, 1.54) is 28.6 Å². The van der Waals surface area contributed by atoms with Crippen LogP contribution in [-0.2, 0) is 10.0 Å². The largest absolute Gasteiger partial charge is 0.366 e. The second kappa shape index (κ2) is 4.68. The molecule has 1 fully saturated rings. The molecule has 98 valence electrons. The molecule has 0 aromatic heterocycles. The quantitative estimate of drug-likeness (QED) is 0.761. The molecule has 1 aliphatic rings. The first-order chi connectivity index (χ1) is 8.43. The van der Waals surface area contributed by atoms with Crippen molar-refractivity contribution >= 4 is 15.9 Å². The number of benzene rings is 1. The molecule has 1 aromatic carbocycles. The molecule has 18 heavy (non-hydrogen) atoms. The summed E-state index contributed by atoms with van der Waals surface area (Å²) < 4.78 is 25.8. The highest BCUT2D eigenvalue weighted by molar-refractivity contribution is 7.89. The Balaban J connectivity index is 2.26. The number of sulfonamides is 1. The van der Waals surface area contributed by atoms with Gasteiger partial charge in [-0.3, -0.25) is 4.79 Å². The summed E-state index contributed by atoms with van der Waals surface area (Å²) in [5.74, 6) is -0.574. The third kappa shape index (κ3) is 2.24. The van der Waals surface area contributed by atoms with Gasteiger partial charge in [0, 0.05) is 31.7 Å². The second-order valence-electron chi connectivity index (χ2n) is 4.22. The number of hydrogen-bond donors (Lipinski definition) is 2. The molecule has 1 aromatic rings. The molecule has 7 heteroatoms. The predicted molar refractivity (Wildman–Crippen MR) is 66.6 cm³/mol. The summed E-state index contributed by atoms with van der Waals surface area (Å²) >= 11 is 0. The minimum absolute atomic E-state index is 0.00850. The Labute approximate surface area is 106 Å². The first kappa shape index (κ1) is 13.0. The van der Waals surface area contributed by atoms with E-state index in [1.807, 2.05) is 0 Å². The lowest BCUT2D eigenvalue weighted by Crippen LogP contribution is -2.57. The molecule has 0 spiro atoms. The van der Waals surface area contributed by atoms with E-state index in [0.717, 1.165) is 0 Å². The molecule has 3 N–H and O–H groups in total. The van der Waals surface area contributed by atoms with Crippen LogP contribution >= 0.6 is 0 Å². The predicted octanol–water partition coefficient (Wildman–Crippen LogP) is -0.622. The average molecular weight is 269 g/mol. The number of hydrogen-bond acceptors (Lipinski definition) is 4. The van der Waals surface area contributed by atoms with Crippen LogP contribution in [0.2, 0.25) is 0 Å². The van der Waals surface area contributed by atoms with Crippen LogP contribution in [-0.4, -0.2) is 44.8 Å². The smallest absolute Gasteiger partial charge is 0.248 e. The second-order valence-corrected chi connectivity index (χ2v) is 6.22. The Morgan fingerprint density at radius 3 is 2.28 bits per heavy atom. The van der Waals surface area contributed by atoms with Gasteiger partial charge in [-0.25, -0.2) is 8.42 Å². The zero-order chi connectivity index (χ0) is 13.3. The van der Waals surface area contributed by atoms with Crippen molar-refractivity contribution in [1.29, 1.82) is 0 Å². The van der Waals surface area contributed by atoms with Gasteiger partial charge in [-0.05, 0) is 24.3 Å². The van der Waals surface area contributed by atoms with Crippen LogP contribution in [0.3, 0.4) is 0 Å². The Morgan fingerprint density at radius 2 is 1.89 bits per heavy atom. The van der Waals surface area contributed by atoms with Gasteiger partial charge in [0.25, 0.3) is 0 Å². The van der Waals surface area contributed by atoms with Crippen LogP contribution in [0.1, 0.15) is 10.4 Å². The summed E-state index contributed by atoms with van der Waals surface area (Å²) in [6, 6.07) is 5.63. The van der Waals surface area contributed by atoms with Crippen molar-refractivity contribution in [2.75, 3.05) is 20.1 Å². The van der Waals surface area contributed by atoms with Crippen molar-refractivity contribution < 1.29 is 13.2 Å². The van der Waals surface area contributed by atoms with E-state index >= 15 is 0 Å². The van der Waals surface area contributed by atoms with E-state index in [4.69, 9.17) is 5.73 Å². The van der Waals surface area contributed by atoms with Crippen LogP contribution < -0.4 is 11.1 Å². The molecule has 0 bridgehead atoms. The van der Waals surface area contributed by atoms with E-state index in [1.54, 1.807) is 7.05 Å². The minimum atomic E-state index is -3.50. The van der Waals surface area contributed by atoms with E-state index < -0.39 is 15.9 Å². The Kier molecular flexibility index (Phi) is 3.38. The molecular formula is C11H15N3O3S. The zero-order valence-electron chi connectivity index (χ0n) is 9.96. The topological polar surface area (TPSA) is 92.5 Å². The average Bonchev–Trinajstić information content (AvgIpc) is 2.26. The Morgan fingerprint density at radius 1 is 1.33 bits per heavy atom. The molecule has 1 aliphatic heterocycles. The highest BCUT2D eigenvalue weighted by Crippen LogP contribution is 2.18. The molecule has 0 aliphatic carbocycles. The normalized spacial score (nSPS) is 16.6. The van der Waals surface area contributed by atoms with Crippen molar-refractivity contribution in [3.05, 3.63) is 29.8 Å². The van der Waals surface area contributed by atoms with Crippen LogP contribution in [0, 0.1) is 0 Å². The molecule has 1 heterocycles. The monoisotopic (exact) mass is 269 g/mol. The van der Waals surface area contributed by atoms with E-state index in [-0.39, 0.29) is 10.9 Å². The Hall–Kier alpha value is -1.44. The van der Waals surface area contributed by atoms with Gasteiger partial charge in [0.15, 0.2) is 0 Å². The molecule has 0 unspecified atom stereocenters. The van der Waals surface area contributed by atoms with Gasteiger partial charge in [-0.1, -0.05) is 0 Å². The number of nitrogens with zero attached hydrogens (tertiary/aromatic N) is 1. The fourth-order valence-corrected chi connectivity index (χ4v) is 3.04. The number of nitrogens with two attached hydrogens (primary N) is 1. The first-order valence-corrected chi connectivity index (χ1v) is 6.95. The molecule has 0 radical (unpaired) electrons. The van der Waals surface area contributed by atoms with E-state index in [9.17, 15) is 13.2 Å². The van der Waals surface area contributed by atoms with Crippen LogP contribution in [0.15, 0.2) is 29.2 Å². The summed E-state index contributed by atoms with van der Waals surface area (Å²) in [6.45, 7) is 1.32. The minimum Gasteiger partial charge on any atom is -0.366 e. The molecule has 2 rings (SSSR count). The summed E-state index contributed by atoms with van der Waals surface area (Å²) in [4.78, 5) is 11.1. The third-order valence-electron chi connectivity index (χ3n) is 3.09. The lowest BCUT2D eigenvalue weighted by Gasteiger charge is -2.34. The van der Waals surface area contributed by atoms with Gasteiger partial charge in [-0.2, -0.15) is 4.31 Å². The number of nitrogens with one attached hydrogen (secondary N) is 1. The molecule has 6 nitrogen and oxygen atoms in total. The zero-order valence-corrected chi connectivity index (χ0v) is 10.8. The van der Waals surface area contributed by atoms with Gasteiger partial charge in [0.2, 0.25) is 15.9 Å². The highest BCUT2D eigenvalue weighted by atomic mass is 32.2. The van der Waals surface area contributed by atoms with Gasteiger partial charge in [-0.15, -0.1) is 0 Å². The number of likely N-dealkylation sites (N-methyl/N-ethyl adjacent to an activating group) is 1. The fraction of sp³-hybridized carbons (Fsp3) is 0.364. The van der Waals surface area contributed by atoms with Crippen LogP contribution in [0.4, 0.5) is 0 Å². The summed E-state index contributed by atoms with van der Waals surface area (Å²) in [7, 11) is -1.94. The number of carbonyl (C=O) groups excluding carboxylic acids is 1. The van der Waals surface area contributed by atoms with Crippen molar-refractivity contribution in [2.45, 2.75) is 10.9 Å². The number of primary amides is 1. The van der Waals surface area contributed by atoms with E-state index in [0.29, 0.717) is 18.7 Å². The summed E-state index contributed by atoms with van der Waals surface area (Å²) in [6.07, 6.45) is 0. The standard InChI is InChI=1S/C11H15N3O3S/c1-14(9-6-13-7-9)18(16,17)10-4-2-8(3-5-10)11(12)15/h2-5,9,13H,6-7H2,1H3,(H2,12,15). The lowest BCUT2D eigenvalue weighted by molar-refractivity contribution is 0.1000. The maximum Gasteiger partial charge on any atom is 0.248 e. The fourth-order valence-electron chi connectivity index (χ4n) is 1.68.